The van der Waals surface area contributed by atoms with Crippen LogP contribution >= 0.6 is 0 Å². The third-order valence-corrected chi connectivity index (χ3v) is 1.18. The first kappa shape index (κ1) is 10.1. The van der Waals surface area contributed by atoms with Crippen LogP contribution < -0.4 is 17.0 Å². The maximum atomic E-state index is 10.6. The highest BCUT2D eigenvalue weighted by atomic mass is 35.5. The zero-order chi connectivity index (χ0) is 7.40. The van der Waals surface area contributed by atoms with Crippen LogP contribution in [-0.4, -0.2) is 5.78 Å². The Labute approximate surface area is 72.3 Å². The van der Waals surface area contributed by atoms with Gasteiger partial charge in [-0.3, -0.25) is 4.79 Å². The molecule has 0 radical (unpaired) electrons. The molecule has 1 heterocycles. The summed E-state index contributed by atoms with van der Waals surface area (Å²) in [5.74, 6) is 0.177. The SMILES string of the molecule is CC(=O)C[n+]1ccccc1.[Cl-]. The first-order valence-electron chi connectivity index (χ1n) is 3.22. The van der Waals surface area contributed by atoms with E-state index < -0.39 is 0 Å². The smallest absolute Gasteiger partial charge is 0.206 e. The molecule has 60 valence electrons. The van der Waals surface area contributed by atoms with Crippen molar-refractivity contribution in [3.63, 3.8) is 0 Å². The highest BCUT2D eigenvalue weighted by Gasteiger charge is 1.99. The fraction of sp³-hybridized carbons (Fsp3) is 0.250. The molecule has 0 saturated heterocycles. The van der Waals surface area contributed by atoms with Crippen LogP contribution in [-0.2, 0) is 11.3 Å². The van der Waals surface area contributed by atoms with Crippen molar-refractivity contribution in [1.29, 1.82) is 0 Å². The number of carbonyl (C=O) groups excluding carboxylic acids is 1. The number of ketones is 1. The van der Waals surface area contributed by atoms with Crippen LogP contribution in [0, 0.1) is 0 Å². The molecule has 1 aromatic rings. The van der Waals surface area contributed by atoms with Gasteiger partial charge in [-0.05, 0) is 0 Å². The van der Waals surface area contributed by atoms with Crippen molar-refractivity contribution in [2.45, 2.75) is 13.5 Å². The minimum absolute atomic E-state index is 0. The molecule has 0 bridgehead atoms. The second-order valence-corrected chi connectivity index (χ2v) is 2.25. The minimum atomic E-state index is 0. The quantitative estimate of drug-likeness (QED) is 0.454. The van der Waals surface area contributed by atoms with E-state index in [-0.39, 0.29) is 18.2 Å². The van der Waals surface area contributed by atoms with E-state index in [4.69, 9.17) is 0 Å². The molecule has 1 aromatic heterocycles. The van der Waals surface area contributed by atoms with E-state index in [0.29, 0.717) is 6.54 Å². The lowest BCUT2D eigenvalue weighted by Gasteiger charge is -1.88. The standard InChI is InChI=1S/C8H10NO.ClH/c1-8(10)7-9-5-3-2-4-6-9;/h2-6H,7H2,1H3;1H/q+1;/p-1. The summed E-state index contributed by atoms with van der Waals surface area (Å²) in [6.45, 7) is 2.06. The third kappa shape index (κ3) is 3.73. The van der Waals surface area contributed by atoms with Crippen LogP contribution in [0.25, 0.3) is 0 Å². The zero-order valence-corrected chi connectivity index (χ0v) is 7.08. The fourth-order valence-electron chi connectivity index (χ4n) is 0.797. The molecule has 0 amide bonds. The summed E-state index contributed by atoms with van der Waals surface area (Å²) in [4.78, 5) is 10.6. The average molecular weight is 172 g/mol. The number of hydrogen-bond acceptors (Lipinski definition) is 1. The Kier molecular flexibility index (Phi) is 4.46. The molecule has 0 unspecified atom stereocenters. The molecule has 3 heteroatoms. The predicted octanol–water partition coefficient (Wildman–Crippen LogP) is -2.43. The largest absolute Gasteiger partial charge is 1.00 e. The molecule has 0 aliphatic rings. The highest BCUT2D eigenvalue weighted by Crippen LogP contribution is 1.77. The number of rotatable bonds is 2. The maximum absolute atomic E-state index is 10.6. The Morgan fingerprint density at radius 2 is 1.82 bits per heavy atom. The molecular formula is C8H10ClNO. The van der Waals surface area contributed by atoms with Crippen LogP contribution in [0.3, 0.4) is 0 Å². The van der Waals surface area contributed by atoms with E-state index in [1.165, 1.54) is 0 Å². The van der Waals surface area contributed by atoms with Crippen molar-refractivity contribution in [3.8, 4) is 0 Å². The van der Waals surface area contributed by atoms with Gasteiger partial charge in [-0.15, -0.1) is 0 Å². The van der Waals surface area contributed by atoms with E-state index in [1.54, 1.807) is 6.92 Å². The second-order valence-electron chi connectivity index (χ2n) is 2.25. The van der Waals surface area contributed by atoms with E-state index in [9.17, 15) is 4.79 Å². The van der Waals surface area contributed by atoms with E-state index in [2.05, 4.69) is 0 Å². The van der Waals surface area contributed by atoms with E-state index in [0.717, 1.165) is 0 Å². The molecule has 11 heavy (non-hydrogen) atoms. The predicted molar refractivity (Wildman–Crippen MR) is 37.3 cm³/mol. The van der Waals surface area contributed by atoms with Crippen LogP contribution in [0.2, 0.25) is 0 Å². The van der Waals surface area contributed by atoms with Gasteiger partial charge in [0.1, 0.15) is 0 Å². The summed E-state index contributed by atoms with van der Waals surface area (Å²) in [6.07, 6.45) is 3.75. The van der Waals surface area contributed by atoms with Crippen LogP contribution in [0.5, 0.6) is 0 Å². The molecule has 2 nitrogen and oxygen atoms in total. The Morgan fingerprint density at radius 1 is 1.27 bits per heavy atom. The van der Waals surface area contributed by atoms with Gasteiger partial charge in [-0.1, -0.05) is 6.07 Å². The highest BCUT2D eigenvalue weighted by molar-refractivity contribution is 5.73. The molecule has 0 N–H and O–H groups in total. The lowest BCUT2D eigenvalue weighted by Crippen LogP contribution is -3.00. The molecule has 0 saturated carbocycles. The Morgan fingerprint density at radius 3 is 2.27 bits per heavy atom. The van der Waals surface area contributed by atoms with Crippen LogP contribution in [0.15, 0.2) is 30.6 Å². The molecule has 0 aliphatic carbocycles. The topological polar surface area (TPSA) is 20.9 Å². The summed E-state index contributed by atoms with van der Waals surface area (Å²) in [6, 6.07) is 5.74. The zero-order valence-electron chi connectivity index (χ0n) is 6.33. The minimum Gasteiger partial charge on any atom is -1.00 e. The van der Waals surface area contributed by atoms with Crippen molar-refractivity contribution < 1.29 is 21.8 Å². The molecule has 0 aromatic carbocycles. The van der Waals surface area contributed by atoms with Gasteiger partial charge >= 0.3 is 0 Å². The van der Waals surface area contributed by atoms with Gasteiger partial charge in [0.25, 0.3) is 0 Å². The molecular weight excluding hydrogens is 162 g/mol. The second kappa shape index (κ2) is 4.85. The van der Waals surface area contributed by atoms with E-state index >= 15 is 0 Å². The fourth-order valence-corrected chi connectivity index (χ4v) is 0.797. The Hall–Kier alpha value is -0.890. The van der Waals surface area contributed by atoms with Crippen molar-refractivity contribution in [2.24, 2.45) is 0 Å². The van der Waals surface area contributed by atoms with Crippen molar-refractivity contribution in [1.82, 2.24) is 0 Å². The number of hydrogen-bond donors (Lipinski definition) is 0. The Balaban J connectivity index is 0.000001000. The Bertz CT molecular complexity index is 223. The van der Waals surface area contributed by atoms with Gasteiger partial charge in [-0.2, -0.15) is 4.57 Å². The lowest BCUT2D eigenvalue weighted by molar-refractivity contribution is -0.684. The van der Waals surface area contributed by atoms with Gasteiger partial charge in [-0.25, -0.2) is 0 Å². The van der Waals surface area contributed by atoms with Gasteiger partial charge in [0.2, 0.25) is 6.54 Å². The maximum Gasteiger partial charge on any atom is 0.206 e. The molecule has 0 aliphatic heterocycles. The summed E-state index contributed by atoms with van der Waals surface area (Å²) >= 11 is 0. The number of aromatic nitrogens is 1. The van der Waals surface area contributed by atoms with Gasteiger partial charge in [0, 0.05) is 19.1 Å². The monoisotopic (exact) mass is 171 g/mol. The van der Waals surface area contributed by atoms with Crippen LogP contribution in [0.1, 0.15) is 6.92 Å². The van der Waals surface area contributed by atoms with Gasteiger partial charge in [0.05, 0.1) is 0 Å². The summed E-state index contributed by atoms with van der Waals surface area (Å²) in [5, 5.41) is 0. The number of nitrogens with zero attached hydrogens (tertiary/aromatic N) is 1. The van der Waals surface area contributed by atoms with Crippen molar-refractivity contribution in [2.75, 3.05) is 0 Å². The lowest BCUT2D eigenvalue weighted by atomic mass is 10.4. The average Bonchev–Trinajstić information content (AvgIpc) is 1.88. The third-order valence-electron chi connectivity index (χ3n) is 1.18. The summed E-state index contributed by atoms with van der Waals surface area (Å²) < 4.78 is 1.85. The molecule has 1 rings (SSSR count). The van der Waals surface area contributed by atoms with Crippen molar-refractivity contribution in [3.05, 3.63) is 30.6 Å². The normalized spacial score (nSPS) is 8.45. The van der Waals surface area contributed by atoms with Gasteiger partial charge in [0.15, 0.2) is 18.2 Å². The van der Waals surface area contributed by atoms with E-state index in [1.807, 2.05) is 35.2 Å². The van der Waals surface area contributed by atoms with Crippen molar-refractivity contribution >= 4 is 5.78 Å². The number of carbonyl (C=O) groups is 1. The summed E-state index contributed by atoms with van der Waals surface area (Å²) in [5.41, 5.74) is 0. The number of halogens is 1. The molecule has 0 spiro atoms. The number of Topliss-reactive ketones (excluding diaryl/α,β-unsaturated/α-hetero) is 1. The first-order chi connectivity index (χ1) is 4.79. The number of pyridine rings is 1. The summed E-state index contributed by atoms with van der Waals surface area (Å²) in [7, 11) is 0. The first-order valence-corrected chi connectivity index (χ1v) is 3.22. The van der Waals surface area contributed by atoms with Crippen LogP contribution in [0.4, 0.5) is 0 Å². The van der Waals surface area contributed by atoms with Gasteiger partial charge < -0.3 is 12.4 Å². The molecule has 0 atom stereocenters. The molecule has 0 fully saturated rings.